The van der Waals surface area contributed by atoms with E-state index in [4.69, 9.17) is 5.11 Å². The number of aryl methyl sites for hydroxylation is 1. The van der Waals surface area contributed by atoms with Gasteiger partial charge in [-0.1, -0.05) is 54.1 Å². The lowest BCUT2D eigenvalue weighted by Gasteiger charge is -2.23. The van der Waals surface area contributed by atoms with Gasteiger partial charge in [0.15, 0.2) is 0 Å². The first-order valence-corrected chi connectivity index (χ1v) is 9.96. The van der Waals surface area contributed by atoms with Crippen LogP contribution in [0.1, 0.15) is 39.9 Å². The second-order valence-electron chi connectivity index (χ2n) is 7.59. The van der Waals surface area contributed by atoms with Crippen LogP contribution in [0.5, 0.6) is 0 Å². The molecule has 2 N–H and O–H groups in total. The number of likely N-dealkylation sites (tertiary alicyclic amines) is 1. The molecule has 29 heavy (non-hydrogen) atoms. The maximum atomic E-state index is 12.3. The monoisotopic (exact) mass is 393 g/mol. The lowest BCUT2D eigenvalue weighted by Crippen LogP contribution is -2.33. The van der Waals surface area contributed by atoms with Crippen molar-refractivity contribution in [2.24, 2.45) is 0 Å². The number of aliphatic hydroxyl groups excluding tert-OH is 1. The van der Waals surface area contributed by atoms with Crippen molar-refractivity contribution in [2.45, 2.75) is 44.8 Å². The van der Waals surface area contributed by atoms with Crippen LogP contribution in [0.3, 0.4) is 0 Å². The van der Waals surface area contributed by atoms with Gasteiger partial charge in [-0.15, -0.1) is 0 Å². The Kier molecular flexibility index (Phi) is 6.83. The first-order chi connectivity index (χ1) is 13.9. The van der Waals surface area contributed by atoms with Crippen molar-refractivity contribution in [3.8, 4) is 0 Å². The summed E-state index contributed by atoms with van der Waals surface area (Å²) < 4.78 is 0. The second-order valence-corrected chi connectivity index (χ2v) is 7.59. The molecule has 2 aromatic carbocycles. The molecule has 5 nitrogen and oxygen atoms in total. The Morgan fingerprint density at radius 2 is 1.97 bits per heavy atom. The van der Waals surface area contributed by atoms with Gasteiger partial charge in [-0.25, -0.2) is 4.79 Å². The lowest BCUT2D eigenvalue weighted by atomic mass is 10.0. The number of carbonyl (C=O) groups excluding carboxylic acids is 1. The van der Waals surface area contributed by atoms with Gasteiger partial charge in [0, 0.05) is 19.4 Å². The van der Waals surface area contributed by atoms with Crippen LogP contribution in [-0.2, 0) is 17.6 Å². The maximum Gasteiger partial charge on any atom is 0.335 e. The van der Waals surface area contributed by atoms with Crippen LogP contribution in [0.4, 0.5) is 0 Å². The van der Waals surface area contributed by atoms with Crippen LogP contribution in [0.15, 0.2) is 60.7 Å². The third kappa shape index (κ3) is 5.78. The molecular formula is C24H27NO4. The van der Waals surface area contributed by atoms with E-state index in [2.05, 4.69) is 6.07 Å². The summed E-state index contributed by atoms with van der Waals surface area (Å²) in [5, 5.41) is 19.3. The van der Waals surface area contributed by atoms with Crippen LogP contribution in [0.2, 0.25) is 0 Å². The molecule has 1 amide bonds. The summed E-state index contributed by atoms with van der Waals surface area (Å²) in [6, 6.07) is 14.8. The van der Waals surface area contributed by atoms with Gasteiger partial charge >= 0.3 is 5.97 Å². The molecule has 2 aromatic rings. The molecule has 0 bridgehead atoms. The molecule has 2 atom stereocenters. The van der Waals surface area contributed by atoms with E-state index >= 15 is 0 Å². The summed E-state index contributed by atoms with van der Waals surface area (Å²) in [6.07, 6.45) is 5.64. The van der Waals surface area contributed by atoms with E-state index in [0.29, 0.717) is 25.8 Å². The number of carboxylic acid groups (broad SMARTS) is 1. The summed E-state index contributed by atoms with van der Waals surface area (Å²) in [4.78, 5) is 25.1. The zero-order valence-electron chi connectivity index (χ0n) is 16.6. The van der Waals surface area contributed by atoms with Crippen LogP contribution in [-0.4, -0.2) is 45.7 Å². The van der Waals surface area contributed by atoms with Crippen molar-refractivity contribution >= 4 is 11.9 Å². The molecule has 0 saturated carbocycles. The van der Waals surface area contributed by atoms with E-state index in [1.54, 1.807) is 30.3 Å². The van der Waals surface area contributed by atoms with E-state index in [-0.39, 0.29) is 17.5 Å². The predicted molar refractivity (Wildman–Crippen MR) is 112 cm³/mol. The Bertz CT molecular complexity index is 888. The summed E-state index contributed by atoms with van der Waals surface area (Å²) in [6.45, 7) is 2.61. The number of aliphatic hydroxyl groups is 1. The number of rotatable bonds is 8. The zero-order chi connectivity index (χ0) is 20.8. The largest absolute Gasteiger partial charge is 0.478 e. The fourth-order valence-electron chi connectivity index (χ4n) is 3.72. The van der Waals surface area contributed by atoms with E-state index < -0.39 is 12.1 Å². The van der Waals surface area contributed by atoms with Gasteiger partial charge in [0.25, 0.3) is 0 Å². The number of benzene rings is 2. The normalized spacial score (nSPS) is 17.8. The molecule has 1 fully saturated rings. The molecule has 3 rings (SSSR count). The molecule has 5 heteroatoms. The molecule has 152 valence electrons. The highest BCUT2D eigenvalue weighted by Crippen LogP contribution is 2.21. The number of nitrogens with zero attached hydrogens (tertiary/aromatic N) is 1. The molecule has 1 heterocycles. The second kappa shape index (κ2) is 9.52. The smallest absolute Gasteiger partial charge is 0.335 e. The van der Waals surface area contributed by atoms with Gasteiger partial charge in [0.2, 0.25) is 5.91 Å². The Morgan fingerprint density at radius 3 is 2.66 bits per heavy atom. The van der Waals surface area contributed by atoms with Gasteiger partial charge in [-0.3, -0.25) is 4.79 Å². The van der Waals surface area contributed by atoms with Crippen molar-refractivity contribution in [2.75, 3.05) is 6.54 Å². The van der Waals surface area contributed by atoms with Gasteiger partial charge in [-0.2, -0.15) is 0 Å². The summed E-state index contributed by atoms with van der Waals surface area (Å²) >= 11 is 0. The molecule has 0 unspecified atom stereocenters. The zero-order valence-corrected chi connectivity index (χ0v) is 16.6. The average Bonchev–Trinajstić information content (AvgIpc) is 3.04. The highest BCUT2D eigenvalue weighted by atomic mass is 16.4. The molecular weight excluding hydrogens is 366 g/mol. The minimum absolute atomic E-state index is 0.00653. The standard InChI is InChI=1S/C24H27NO4/c1-17-3-2-4-19(15-17)16-22(26)11-9-21-10-12-23(27)25(21)14-13-18-5-7-20(8-6-18)24(28)29/h2-9,11,15,21-22,26H,10,12-14,16H2,1H3,(H,28,29)/b11-9+/t21-,22+/m0/s1. The first-order valence-electron chi connectivity index (χ1n) is 9.96. The topological polar surface area (TPSA) is 77.8 Å². The van der Waals surface area contributed by atoms with Gasteiger partial charge in [0.1, 0.15) is 0 Å². The minimum atomic E-state index is -0.944. The van der Waals surface area contributed by atoms with E-state index in [1.165, 1.54) is 5.56 Å². The van der Waals surface area contributed by atoms with Crippen molar-refractivity contribution < 1.29 is 19.8 Å². The number of hydrogen-bond donors (Lipinski definition) is 2. The number of hydrogen-bond acceptors (Lipinski definition) is 3. The summed E-state index contributed by atoms with van der Waals surface area (Å²) in [7, 11) is 0. The SMILES string of the molecule is Cc1cccc(C[C@H](O)/C=C/[C@H]2CCC(=O)N2CCc2ccc(C(=O)O)cc2)c1. The Hall–Kier alpha value is -2.92. The number of carboxylic acids is 1. The molecule has 0 aliphatic carbocycles. The van der Waals surface area contributed by atoms with Crippen LogP contribution >= 0.6 is 0 Å². The van der Waals surface area contributed by atoms with Gasteiger partial charge in [-0.05, 0) is 43.0 Å². The van der Waals surface area contributed by atoms with E-state index in [9.17, 15) is 14.7 Å². The molecule has 1 saturated heterocycles. The van der Waals surface area contributed by atoms with Gasteiger partial charge in [0.05, 0.1) is 17.7 Å². The van der Waals surface area contributed by atoms with E-state index in [0.717, 1.165) is 17.5 Å². The van der Waals surface area contributed by atoms with Crippen molar-refractivity contribution in [1.82, 2.24) is 4.90 Å². The van der Waals surface area contributed by atoms with Crippen LogP contribution < -0.4 is 0 Å². The number of amides is 1. The predicted octanol–water partition coefficient (Wildman–Crippen LogP) is 3.39. The molecule has 0 spiro atoms. The molecule has 0 radical (unpaired) electrons. The van der Waals surface area contributed by atoms with Crippen molar-refractivity contribution in [1.29, 1.82) is 0 Å². The Morgan fingerprint density at radius 1 is 1.21 bits per heavy atom. The minimum Gasteiger partial charge on any atom is -0.478 e. The third-order valence-corrected chi connectivity index (χ3v) is 5.30. The highest BCUT2D eigenvalue weighted by Gasteiger charge is 2.28. The third-order valence-electron chi connectivity index (χ3n) is 5.30. The Labute approximate surface area is 171 Å². The number of carbonyl (C=O) groups is 2. The highest BCUT2D eigenvalue weighted by molar-refractivity contribution is 5.87. The lowest BCUT2D eigenvalue weighted by molar-refractivity contribution is -0.128. The first kappa shape index (κ1) is 20.8. The fourth-order valence-corrected chi connectivity index (χ4v) is 3.72. The summed E-state index contributed by atoms with van der Waals surface area (Å²) in [5.41, 5.74) is 3.51. The average molecular weight is 393 g/mol. The fraction of sp³-hybridized carbons (Fsp3) is 0.333. The Balaban J connectivity index is 1.56. The van der Waals surface area contributed by atoms with Crippen LogP contribution in [0.25, 0.3) is 0 Å². The van der Waals surface area contributed by atoms with Gasteiger partial charge < -0.3 is 15.1 Å². The maximum absolute atomic E-state index is 12.3. The van der Waals surface area contributed by atoms with E-state index in [1.807, 2.05) is 36.1 Å². The quantitative estimate of drug-likeness (QED) is 0.674. The number of aromatic carboxylic acids is 1. The molecule has 1 aliphatic rings. The molecule has 0 aromatic heterocycles. The van der Waals surface area contributed by atoms with Crippen molar-refractivity contribution in [3.63, 3.8) is 0 Å². The van der Waals surface area contributed by atoms with Crippen LogP contribution in [0, 0.1) is 6.92 Å². The summed E-state index contributed by atoms with van der Waals surface area (Å²) in [5.74, 6) is -0.823. The molecule has 1 aliphatic heterocycles. The van der Waals surface area contributed by atoms with Crippen molar-refractivity contribution in [3.05, 3.63) is 82.9 Å².